The highest BCUT2D eigenvalue weighted by molar-refractivity contribution is 5.85. The number of benzene rings is 2. The SMILES string of the molecule is Cc1ccc2cnccc2c1CN[C@H]1C[C@H](Oc2ccc(F)c(C(F)(F)F)c2)C1. The molecule has 1 aromatic heterocycles. The molecule has 0 aliphatic heterocycles. The van der Waals surface area contributed by atoms with E-state index in [1.54, 1.807) is 6.20 Å². The summed E-state index contributed by atoms with van der Waals surface area (Å²) in [5.41, 5.74) is 1.10. The fourth-order valence-electron chi connectivity index (χ4n) is 3.64. The largest absolute Gasteiger partial charge is 0.490 e. The molecular formula is C22H20F4N2O. The molecule has 1 fully saturated rings. The number of pyridine rings is 1. The minimum absolute atomic E-state index is 0.0413. The van der Waals surface area contributed by atoms with Gasteiger partial charge < -0.3 is 10.1 Å². The van der Waals surface area contributed by atoms with Gasteiger partial charge in [-0.25, -0.2) is 4.39 Å². The summed E-state index contributed by atoms with van der Waals surface area (Å²) in [4.78, 5) is 4.15. The van der Waals surface area contributed by atoms with Crippen LogP contribution in [0.2, 0.25) is 0 Å². The van der Waals surface area contributed by atoms with Crippen molar-refractivity contribution in [2.24, 2.45) is 0 Å². The molecule has 0 unspecified atom stereocenters. The van der Waals surface area contributed by atoms with Crippen LogP contribution in [0.1, 0.15) is 29.5 Å². The van der Waals surface area contributed by atoms with Crippen molar-refractivity contribution in [3.8, 4) is 5.75 Å². The van der Waals surface area contributed by atoms with E-state index in [4.69, 9.17) is 4.74 Å². The molecule has 0 spiro atoms. The smallest absolute Gasteiger partial charge is 0.419 e. The molecule has 0 saturated heterocycles. The van der Waals surface area contributed by atoms with Crippen molar-refractivity contribution in [2.75, 3.05) is 0 Å². The van der Waals surface area contributed by atoms with Gasteiger partial charge in [-0.2, -0.15) is 13.2 Å². The van der Waals surface area contributed by atoms with Crippen LogP contribution in [-0.2, 0) is 12.7 Å². The first-order valence-corrected chi connectivity index (χ1v) is 9.40. The molecule has 1 heterocycles. The Labute approximate surface area is 165 Å². The van der Waals surface area contributed by atoms with Crippen LogP contribution in [0.4, 0.5) is 17.6 Å². The van der Waals surface area contributed by atoms with Gasteiger partial charge in [0, 0.05) is 30.4 Å². The topological polar surface area (TPSA) is 34.2 Å². The maximum atomic E-state index is 13.4. The number of hydrogen-bond acceptors (Lipinski definition) is 3. The van der Waals surface area contributed by atoms with E-state index in [1.807, 2.05) is 18.3 Å². The molecule has 152 valence electrons. The van der Waals surface area contributed by atoms with E-state index in [0.29, 0.717) is 19.4 Å². The standard InChI is InChI=1S/C22H20F4N2O/c1-13-2-3-14-11-27-7-6-18(14)19(13)12-28-15-8-17(9-15)29-16-4-5-21(23)20(10-16)22(24,25)26/h2-7,10-11,15,17,28H,8-9,12H2,1H3/t15-,17-. The maximum Gasteiger partial charge on any atom is 0.419 e. The van der Waals surface area contributed by atoms with Gasteiger partial charge in [-0.05, 0) is 60.5 Å². The van der Waals surface area contributed by atoms with Gasteiger partial charge >= 0.3 is 6.18 Å². The van der Waals surface area contributed by atoms with Crippen molar-refractivity contribution >= 4 is 10.8 Å². The molecule has 0 radical (unpaired) electrons. The number of ether oxygens (including phenoxy) is 1. The van der Waals surface area contributed by atoms with Gasteiger partial charge in [-0.1, -0.05) is 12.1 Å². The molecular weight excluding hydrogens is 384 g/mol. The molecule has 29 heavy (non-hydrogen) atoms. The van der Waals surface area contributed by atoms with E-state index in [0.717, 1.165) is 22.9 Å². The van der Waals surface area contributed by atoms with Crippen LogP contribution < -0.4 is 10.1 Å². The Morgan fingerprint density at radius 2 is 1.93 bits per heavy atom. The van der Waals surface area contributed by atoms with Crippen LogP contribution in [0.25, 0.3) is 10.8 Å². The minimum atomic E-state index is -4.74. The van der Waals surface area contributed by atoms with Gasteiger partial charge in [-0.15, -0.1) is 0 Å². The monoisotopic (exact) mass is 404 g/mol. The second kappa shape index (κ2) is 7.63. The number of nitrogens with one attached hydrogen (secondary N) is 1. The first-order valence-electron chi connectivity index (χ1n) is 9.40. The Balaban J connectivity index is 1.34. The van der Waals surface area contributed by atoms with Gasteiger partial charge in [0.15, 0.2) is 0 Å². The molecule has 7 heteroatoms. The second-order valence-electron chi connectivity index (χ2n) is 7.39. The summed E-state index contributed by atoms with van der Waals surface area (Å²) in [5, 5.41) is 5.73. The van der Waals surface area contributed by atoms with Crippen LogP contribution in [0, 0.1) is 12.7 Å². The Bertz CT molecular complexity index is 1030. The van der Waals surface area contributed by atoms with Crippen LogP contribution in [-0.4, -0.2) is 17.1 Å². The molecule has 1 aliphatic rings. The Hall–Kier alpha value is -2.67. The van der Waals surface area contributed by atoms with Gasteiger partial charge in [0.25, 0.3) is 0 Å². The molecule has 0 bridgehead atoms. The molecule has 1 N–H and O–H groups in total. The van der Waals surface area contributed by atoms with Gasteiger partial charge in [0.2, 0.25) is 0 Å². The Morgan fingerprint density at radius 3 is 2.69 bits per heavy atom. The van der Waals surface area contributed by atoms with Crippen LogP contribution in [0.3, 0.4) is 0 Å². The third-order valence-electron chi connectivity index (χ3n) is 5.37. The Kier molecular flexibility index (Phi) is 5.17. The van der Waals surface area contributed by atoms with E-state index in [9.17, 15) is 17.6 Å². The van der Waals surface area contributed by atoms with Crippen LogP contribution >= 0.6 is 0 Å². The summed E-state index contributed by atoms with van der Waals surface area (Å²) in [7, 11) is 0. The number of aromatic nitrogens is 1. The minimum Gasteiger partial charge on any atom is -0.490 e. The van der Waals surface area contributed by atoms with Gasteiger partial charge in [0.05, 0.1) is 5.56 Å². The highest BCUT2D eigenvalue weighted by Crippen LogP contribution is 2.35. The zero-order valence-corrected chi connectivity index (χ0v) is 15.8. The van der Waals surface area contributed by atoms with Crippen molar-refractivity contribution in [1.82, 2.24) is 10.3 Å². The first kappa shape index (κ1) is 19.6. The lowest BCUT2D eigenvalue weighted by atomic mass is 9.88. The van der Waals surface area contributed by atoms with Gasteiger partial charge in [-0.3, -0.25) is 4.98 Å². The van der Waals surface area contributed by atoms with E-state index in [2.05, 4.69) is 23.3 Å². The summed E-state index contributed by atoms with van der Waals surface area (Å²) in [5.74, 6) is -1.25. The van der Waals surface area contributed by atoms with Crippen molar-refractivity contribution in [3.63, 3.8) is 0 Å². The molecule has 1 saturated carbocycles. The quantitative estimate of drug-likeness (QED) is 0.578. The second-order valence-corrected chi connectivity index (χ2v) is 7.39. The third kappa shape index (κ3) is 4.19. The molecule has 0 amide bonds. The zero-order valence-electron chi connectivity index (χ0n) is 15.8. The van der Waals surface area contributed by atoms with E-state index < -0.39 is 17.6 Å². The highest BCUT2D eigenvalue weighted by Gasteiger charge is 2.35. The number of rotatable bonds is 5. The van der Waals surface area contributed by atoms with Crippen molar-refractivity contribution in [2.45, 2.75) is 44.6 Å². The summed E-state index contributed by atoms with van der Waals surface area (Å²) >= 11 is 0. The van der Waals surface area contributed by atoms with Crippen molar-refractivity contribution in [3.05, 3.63) is 71.3 Å². The summed E-state index contributed by atoms with van der Waals surface area (Å²) in [6.45, 7) is 2.76. The molecule has 0 atom stereocenters. The van der Waals surface area contributed by atoms with E-state index in [-0.39, 0.29) is 17.9 Å². The predicted octanol–water partition coefficient (Wildman–Crippen LogP) is 5.40. The molecule has 3 nitrogen and oxygen atoms in total. The number of nitrogens with zero attached hydrogens (tertiary/aromatic N) is 1. The summed E-state index contributed by atoms with van der Waals surface area (Å²) in [6, 6.07) is 9.10. The maximum absolute atomic E-state index is 13.4. The Morgan fingerprint density at radius 1 is 1.14 bits per heavy atom. The van der Waals surface area contributed by atoms with Crippen LogP contribution in [0.5, 0.6) is 5.75 Å². The first-order chi connectivity index (χ1) is 13.8. The lowest BCUT2D eigenvalue weighted by Crippen LogP contribution is -2.46. The van der Waals surface area contributed by atoms with E-state index >= 15 is 0 Å². The molecule has 2 aromatic carbocycles. The number of aryl methyl sites for hydroxylation is 1. The van der Waals surface area contributed by atoms with Crippen molar-refractivity contribution < 1.29 is 22.3 Å². The number of fused-ring (bicyclic) bond motifs is 1. The number of hydrogen-bond donors (Lipinski definition) is 1. The van der Waals surface area contributed by atoms with Gasteiger partial charge in [0.1, 0.15) is 17.7 Å². The lowest BCUT2D eigenvalue weighted by molar-refractivity contribution is -0.140. The predicted molar refractivity (Wildman–Crippen MR) is 102 cm³/mol. The highest BCUT2D eigenvalue weighted by atomic mass is 19.4. The molecule has 3 aromatic rings. The fraction of sp³-hybridized carbons (Fsp3) is 0.318. The number of halogens is 4. The summed E-state index contributed by atoms with van der Waals surface area (Å²) < 4.78 is 57.4. The third-order valence-corrected chi connectivity index (χ3v) is 5.37. The average Bonchev–Trinajstić information content (AvgIpc) is 2.65. The fourth-order valence-corrected chi connectivity index (χ4v) is 3.64. The average molecular weight is 404 g/mol. The van der Waals surface area contributed by atoms with Crippen molar-refractivity contribution in [1.29, 1.82) is 0 Å². The van der Waals surface area contributed by atoms with Crippen LogP contribution in [0.15, 0.2) is 48.8 Å². The molecule has 4 rings (SSSR count). The zero-order chi connectivity index (χ0) is 20.6. The number of alkyl halides is 3. The van der Waals surface area contributed by atoms with E-state index in [1.165, 1.54) is 17.2 Å². The normalized spacial score (nSPS) is 19.2. The molecule has 1 aliphatic carbocycles. The lowest BCUT2D eigenvalue weighted by Gasteiger charge is -2.36. The summed E-state index contributed by atoms with van der Waals surface area (Å²) in [6.07, 6.45) is 0.0596.